The first-order valence-electron chi connectivity index (χ1n) is 6.04. The van der Waals surface area contributed by atoms with E-state index in [0.717, 1.165) is 0 Å². The number of aromatic nitrogens is 2. The molecule has 0 saturated carbocycles. The first-order valence-corrected chi connectivity index (χ1v) is 6.04. The van der Waals surface area contributed by atoms with Gasteiger partial charge in [-0.1, -0.05) is 0 Å². The van der Waals surface area contributed by atoms with E-state index >= 15 is 0 Å². The molecule has 1 heterocycles. The monoisotopic (exact) mass is 312 g/mol. The molecule has 0 aliphatic heterocycles. The predicted molar refractivity (Wildman–Crippen MR) is 70.4 cm³/mol. The molecule has 2 amide bonds. The van der Waals surface area contributed by atoms with Gasteiger partial charge in [-0.3, -0.25) is 14.3 Å². The van der Waals surface area contributed by atoms with Crippen molar-refractivity contribution in [2.24, 2.45) is 12.8 Å². The van der Waals surface area contributed by atoms with Crippen LogP contribution in [0.2, 0.25) is 0 Å². The van der Waals surface area contributed by atoms with E-state index in [9.17, 15) is 22.8 Å². The van der Waals surface area contributed by atoms with Crippen LogP contribution in [0.25, 0.3) is 0 Å². The molecule has 0 fully saturated rings. The number of carbonyl (C=O) groups is 2. The van der Waals surface area contributed by atoms with Gasteiger partial charge in [-0.2, -0.15) is 5.10 Å². The van der Waals surface area contributed by atoms with Crippen LogP contribution in [0.1, 0.15) is 15.9 Å². The molecule has 1 aromatic carbocycles. The molecule has 0 radical (unpaired) electrons. The Bertz CT molecular complexity index is 758. The van der Waals surface area contributed by atoms with Crippen molar-refractivity contribution in [1.29, 1.82) is 0 Å². The number of benzene rings is 1. The molecular weight excluding hydrogens is 301 g/mol. The van der Waals surface area contributed by atoms with Gasteiger partial charge in [-0.25, -0.2) is 13.2 Å². The molecule has 0 unspecified atom stereocenters. The van der Waals surface area contributed by atoms with Crippen LogP contribution in [0.15, 0.2) is 18.3 Å². The fourth-order valence-corrected chi connectivity index (χ4v) is 1.81. The van der Waals surface area contributed by atoms with Crippen LogP contribution >= 0.6 is 0 Å². The van der Waals surface area contributed by atoms with Gasteiger partial charge in [0.15, 0.2) is 17.5 Å². The summed E-state index contributed by atoms with van der Waals surface area (Å²) >= 11 is 0. The summed E-state index contributed by atoms with van der Waals surface area (Å²) in [5, 5.41) is 6.09. The molecule has 2 aromatic rings. The molecule has 3 N–H and O–H groups in total. The average Bonchev–Trinajstić information content (AvgIpc) is 2.77. The van der Waals surface area contributed by atoms with E-state index in [4.69, 9.17) is 5.73 Å². The van der Waals surface area contributed by atoms with Gasteiger partial charge in [-0.15, -0.1) is 0 Å². The van der Waals surface area contributed by atoms with Crippen molar-refractivity contribution in [3.05, 3.63) is 46.9 Å². The molecule has 0 saturated heterocycles. The highest BCUT2D eigenvalue weighted by Crippen LogP contribution is 2.16. The molecule has 116 valence electrons. The smallest absolute Gasteiger partial charge is 0.254 e. The van der Waals surface area contributed by atoms with E-state index in [1.807, 2.05) is 0 Å². The fourth-order valence-electron chi connectivity index (χ4n) is 1.81. The van der Waals surface area contributed by atoms with E-state index in [1.165, 1.54) is 17.9 Å². The van der Waals surface area contributed by atoms with Crippen LogP contribution in [0.3, 0.4) is 0 Å². The minimum atomic E-state index is -1.35. The van der Waals surface area contributed by atoms with Gasteiger partial charge in [0.25, 0.3) is 5.91 Å². The van der Waals surface area contributed by atoms with Gasteiger partial charge in [0.05, 0.1) is 6.42 Å². The van der Waals surface area contributed by atoms with Crippen LogP contribution < -0.4 is 11.1 Å². The third-order valence-corrected chi connectivity index (χ3v) is 2.79. The lowest BCUT2D eigenvalue weighted by Gasteiger charge is -2.05. The number of nitrogens with one attached hydrogen (secondary N) is 1. The molecule has 6 nitrogen and oxygen atoms in total. The van der Waals surface area contributed by atoms with Crippen molar-refractivity contribution in [3.63, 3.8) is 0 Å². The molecule has 0 atom stereocenters. The van der Waals surface area contributed by atoms with Crippen molar-refractivity contribution in [2.45, 2.75) is 6.42 Å². The van der Waals surface area contributed by atoms with E-state index < -0.39 is 35.7 Å². The van der Waals surface area contributed by atoms with E-state index in [-0.39, 0.29) is 16.9 Å². The Morgan fingerprint density at radius 1 is 1.23 bits per heavy atom. The van der Waals surface area contributed by atoms with Crippen molar-refractivity contribution in [1.82, 2.24) is 9.78 Å². The number of rotatable bonds is 4. The zero-order valence-electron chi connectivity index (χ0n) is 11.4. The molecule has 1 aromatic heterocycles. The molecule has 2 rings (SSSR count). The van der Waals surface area contributed by atoms with Gasteiger partial charge in [0.2, 0.25) is 5.91 Å². The molecule has 22 heavy (non-hydrogen) atoms. The number of hydrogen-bond donors (Lipinski definition) is 2. The largest absolute Gasteiger partial charge is 0.365 e. The molecule has 0 aliphatic carbocycles. The quantitative estimate of drug-likeness (QED) is 0.829. The highest BCUT2D eigenvalue weighted by molar-refractivity contribution is 6.02. The number of hydrogen-bond acceptors (Lipinski definition) is 3. The summed E-state index contributed by atoms with van der Waals surface area (Å²) in [6.07, 6.45) is 0.744. The van der Waals surface area contributed by atoms with Crippen molar-refractivity contribution >= 4 is 17.6 Å². The van der Waals surface area contributed by atoms with Crippen LogP contribution in [0, 0.1) is 17.5 Å². The topological polar surface area (TPSA) is 90.0 Å². The molecule has 0 spiro atoms. The highest BCUT2D eigenvalue weighted by Gasteiger charge is 2.17. The first kappa shape index (κ1) is 15.5. The summed E-state index contributed by atoms with van der Waals surface area (Å²) in [4.78, 5) is 23.0. The minimum absolute atomic E-state index is 0.0263. The van der Waals surface area contributed by atoms with E-state index in [1.54, 1.807) is 0 Å². The van der Waals surface area contributed by atoms with Gasteiger partial charge >= 0.3 is 0 Å². The van der Waals surface area contributed by atoms with Crippen molar-refractivity contribution in [3.8, 4) is 0 Å². The zero-order chi connectivity index (χ0) is 16.4. The minimum Gasteiger partial charge on any atom is -0.365 e. The lowest BCUT2D eigenvalue weighted by atomic mass is 10.1. The first-order chi connectivity index (χ1) is 10.3. The second-order valence-electron chi connectivity index (χ2n) is 4.51. The molecule has 0 aliphatic rings. The standard InChI is InChI=1S/C13H11F3N4O2/c1-20-5-7(12(17)22)13(19-20)18-11(21)3-6-2-9(15)10(16)4-8(6)14/h2,4-5H,3H2,1H3,(H2,17,22)(H,18,19,21). The lowest BCUT2D eigenvalue weighted by Crippen LogP contribution is -2.19. The normalized spacial score (nSPS) is 10.5. The number of primary amides is 1. The number of halogens is 3. The second kappa shape index (κ2) is 5.88. The Kier molecular flexibility index (Phi) is 4.15. The van der Waals surface area contributed by atoms with E-state index in [0.29, 0.717) is 12.1 Å². The molecular formula is C13H11F3N4O2. The summed E-state index contributed by atoms with van der Waals surface area (Å²) in [6, 6.07) is 0.950. The Hall–Kier alpha value is -2.84. The van der Waals surface area contributed by atoms with E-state index in [2.05, 4.69) is 10.4 Å². The summed E-state index contributed by atoms with van der Waals surface area (Å²) in [5.74, 6) is -5.32. The summed E-state index contributed by atoms with van der Waals surface area (Å²) < 4.78 is 40.6. The van der Waals surface area contributed by atoms with Crippen LogP contribution in [-0.2, 0) is 18.3 Å². The third-order valence-electron chi connectivity index (χ3n) is 2.79. The summed E-state index contributed by atoms with van der Waals surface area (Å²) in [6.45, 7) is 0. The second-order valence-corrected chi connectivity index (χ2v) is 4.51. The Morgan fingerprint density at radius 2 is 1.86 bits per heavy atom. The number of amides is 2. The Morgan fingerprint density at radius 3 is 2.50 bits per heavy atom. The summed E-state index contributed by atoms with van der Waals surface area (Å²) in [5.41, 5.74) is 4.77. The number of nitrogens with zero attached hydrogens (tertiary/aromatic N) is 2. The number of aryl methyl sites for hydroxylation is 1. The van der Waals surface area contributed by atoms with Gasteiger partial charge in [0.1, 0.15) is 11.4 Å². The maximum absolute atomic E-state index is 13.5. The Labute approximate surface area is 122 Å². The maximum atomic E-state index is 13.5. The molecule has 9 heteroatoms. The number of carbonyl (C=O) groups excluding carboxylic acids is 2. The van der Waals surface area contributed by atoms with Crippen LogP contribution in [0.4, 0.5) is 19.0 Å². The van der Waals surface area contributed by atoms with Crippen molar-refractivity contribution in [2.75, 3.05) is 5.32 Å². The lowest BCUT2D eigenvalue weighted by molar-refractivity contribution is -0.115. The maximum Gasteiger partial charge on any atom is 0.254 e. The van der Waals surface area contributed by atoms with Gasteiger partial charge in [0, 0.05) is 24.9 Å². The molecule has 0 bridgehead atoms. The Balaban J connectivity index is 2.17. The predicted octanol–water partition coefficient (Wildman–Crippen LogP) is 1.12. The van der Waals surface area contributed by atoms with Gasteiger partial charge in [-0.05, 0) is 6.07 Å². The highest BCUT2D eigenvalue weighted by atomic mass is 19.2. The van der Waals surface area contributed by atoms with Crippen LogP contribution in [-0.4, -0.2) is 21.6 Å². The summed E-state index contributed by atoms with van der Waals surface area (Å²) in [7, 11) is 1.51. The third kappa shape index (κ3) is 3.25. The average molecular weight is 312 g/mol. The fraction of sp³-hybridized carbons (Fsp3) is 0.154. The zero-order valence-corrected chi connectivity index (χ0v) is 11.4. The number of nitrogens with two attached hydrogens (primary N) is 1. The van der Waals surface area contributed by atoms with Gasteiger partial charge < -0.3 is 11.1 Å². The SMILES string of the molecule is Cn1cc(C(N)=O)c(NC(=O)Cc2cc(F)c(F)cc2F)n1. The number of anilines is 1. The van der Waals surface area contributed by atoms with Crippen molar-refractivity contribution < 1.29 is 22.8 Å². The van der Waals surface area contributed by atoms with Crippen LogP contribution in [0.5, 0.6) is 0 Å².